The average molecular weight is 616 g/mol. The Kier molecular flexibility index (Phi) is 9.92. The molecule has 190 valence electrons. The van der Waals surface area contributed by atoms with E-state index in [0.717, 1.165) is 25.2 Å². The average Bonchev–Trinajstić information content (AvgIpc) is 2.84. The van der Waals surface area contributed by atoms with Gasteiger partial charge in [0.15, 0.2) is 6.61 Å². The van der Waals surface area contributed by atoms with Gasteiger partial charge in [-0.05, 0) is 62.0 Å². The van der Waals surface area contributed by atoms with E-state index >= 15 is 0 Å². The highest BCUT2D eigenvalue weighted by molar-refractivity contribution is 14.1. The van der Waals surface area contributed by atoms with Gasteiger partial charge in [-0.25, -0.2) is 4.39 Å². The minimum absolute atomic E-state index is 0.00302. The van der Waals surface area contributed by atoms with Crippen molar-refractivity contribution in [2.24, 2.45) is 0 Å². The minimum Gasteiger partial charge on any atom is -0.484 e. The van der Waals surface area contributed by atoms with E-state index in [2.05, 4.69) is 23.6 Å². The van der Waals surface area contributed by atoms with Crippen LogP contribution in [0.15, 0.2) is 48.5 Å². The highest BCUT2D eigenvalue weighted by atomic mass is 127. The summed E-state index contributed by atoms with van der Waals surface area (Å²) in [6, 6.07) is 13.3. The number of hydrogen-bond acceptors (Lipinski definition) is 5. The van der Waals surface area contributed by atoms with Crippen LogP contribution in [-0.4, -0.2) is 75.3 Å². The minimum atomic E-state index is -1.01. The molecule has 0 aliphatic carbocycles. The first-order chi connectivity index (χ1) is 16.7. The van der Waals surface area contributed by atoms with Crippen molar-refractivity contribution in [3.05, 3.63) is 64.9 Å². The fourth-order valence-electron chi connectivity index (χ4n) is 4.40. The van der Waals surface area contributed by atoms with Crippen molar-refractivity contribution in [3.8, 4) is 5.75 Å². The number of carbonyl (C=O) groups excluding carboxylic acids is 2. The third-order valence-corrected chi connectivity index (χ3v) is 7.99. The molecule has 9 heteroatoms. The molecule has 1 aliphatic rings. The molecule has 0 aromatic heterocycles. The van der Waals surface area contributed by atoms with Crippen LogP contribution in [-0.2, 0) is 16.1 Å². The molecular weight excluding hydrogens is 584 g/mol. The molecule has 0 saturated carbocycles. The Bertz CT molecular complexity index is 1000. The lowest BCUT2D eigenvalue weighted by Gasteiger charge is -2.51. The molecule has 6 nitrogen and oxygen atoms in total. The van der Waals surface area contributed by atoms with Crippen molar-refractivity contribution in [1.82, 2.24) is 14.7 Å². The lowest BCUT2D eigenvalue weighted by atomic mass is 9.93. The van der Waals surface area contributed by atoms with Crippen LogP contribution < -0.4 is 4.74 Å². The van der Waals surface area contributed by atoms with Gasteiger partial charge in [-0.2, -0.15) is 0 Å². The van der Waals surface area contributed by atoms with Gasteiger partial charge < -0.3 is 14.5 Å². The Labute approximate surface area is 225 Å². The van der Waals surface area contributed by atoms with Crippen LogP contribution in [0.1, 0.15) is 26.3 Å². The van der Waals surface area contributed by atoms with E-state index in [9.17, 15) is 14.0 Å². The fraction of sp³-hybridized carbons (Fsp3) is 0.462. The van der Waals surface area contributed by atoms with Crippen molar-refractivity contribution < 1.29 is 18.7 Å². The second-order valence-electron chi connectivity index (χ2n) is 8.97. The molecule has 2 aromatic carbocycles. The Morgan fingerprint density at radius 2 is 1.77 bits per heavy atom. The molecule has 1 fully saturated rings. The molecule has 1 aliphatic heterocycles. The van der Waals surface area contributed by atoms with Gasteiger partial charge >= 0.3 is 0 Å². The smallest absolute Gasteiger partial charge is 0.261 e. The van der Waals surface area contributed by atoms with Crippen LogP contribution in [0.5, 0.6) is 5.75 Å². The summed E-state index contributed by atoms with van der Waals surface area (Å²) in [5, 5.41) is 0.586. The Morgan fingerprint density at radius 3 is 2.34 bits per heavy atom. The van der Waals surface area contributed by atoms with Crippen LogP contribution >= 0.6 is 34.2 Å². The molecule has 2 atom stereocenters. The Balaban J connectivity index is 1.84. The molecule has 0 spiro atoms. The predicted octanol–water partition coefficient (Wildman–Crippen LogP) is 4.63. The maximum Gasteiger partial charge on any atom is 0.261 e. The monoisotopic (exact) mass is 615 g/mol. The summed E-state index contributed by atoms with van der Waals surface area (Å²) in [6.07, 6.45) is 0. The number of hydrogen-bond donors (Lipinski definition) is 0. The zero-order chi connectivity index (χ0) is 25.6. The molecule has 0 N–H and O–H groups in total. The summed E-state index contributed by atoms with van der Waals surface area (Å²) in [5.74, 6) is 0.0233. The molecule has 1 amide bonds. The number of rotatable bonds is 10. The van der Waals surface area contributed by atoms with Gasteiger partial charge in [-0.3, -0.25) is 14.5 Å². The van der Waals surface area contributed by atoms with Gasteiger partial charge in [0.1, 0.15) is 17.1 Å². The third kappa shape index (κ3) is 7.15. The van der Waals surface area contributed by atoms with Crippen LogP contribution in [0.3, 0.4) is 0 Å². The quantitative estimate of drug-likeness (QED) is 0.288. The lowest BCUT2D eigenvalue weighted by molar-refractivity contribution is -0.152. The number of amides is 1. The number of carbonyl (C=O) groups is 2. The standard InChI is InChI=1S/C26H32ClFIN3O3/c1-4-30(5-2)15-22-16-32(24(33)17-35-23-12-8-20(27)9-13-23)26(3,25(29)34)18-31(22)14-19-6-10-21(28)11-7-19/h6-13,22H,4-5,14-18H2,1-3H3. The fourth-order valence-corrected chi connectivity index (χ4v) is 4.99. The van der Waals surface area contributed by atoms with Gasteiger partial charge in [0, 0.05) is 59.8 Å². The van der Waals surface area contributed by atoms with Crippen molar-refractivity contribution in [1.29, 1.82) is 0 Å². The van der Waals surface area contributed by atoms with Crippen LogP contribution in [0, 0.1) is 5.82 Å². The largest absolute Gasteiger partial charge is 0.484 e. The van der Waals surface area contributed by atoms with Crippen LogP contribution in [0.4, 0.5) is 4.39 Å². The second kappa shape index (κ2) is 12.5. The van der Waals surface area contributed by atoms with Crippen molar-refractivity contribution in [2.45, 2.75) is 38.9 Å². The maximum absolute atomic E-state index is 13.5. The topological polar surface area (TPSA) is 53.1 Å². The maximum atomic E-state index is 13.5. The first kappa shape index (κ1) is 27.8. The number of piperazine rings is 1. The van der Waals surface area contributed by atoms with Crippen molar-refractivity contribution in [2.75, 3.05) is 39.3 Å². The highest BCUT2D eigenvalue weighted by Gasteiger charge is 2.48. The SMILES string of the molecule is CCN(CC)CC1CN(C(=O)COc2ccc(Cl)cc2)C(C)(C(=O)I)CN1Cc1ccc(F)cc1. The van der Waals surface area contributed by atoms with Crippen LogP contribution in [0.25, 0.3) is 0 Å². The molecule has 3 rings (SSSR count). The summed E-state index contributed by atoms with van der Waals surface area (Å²) < 4.78 is 19.1. The van der Waals surface area contributed by atoms with E-state index in [-0.39, 0.29) is 28.2 Å². The first-order valence-corrected chi connectivity index (χ1v) is 13.2. The summed E-state index contributed by atoms with van der Waals surface area (Å²) in [7, 11) is 0. The Hall–Kier alpha value is -1.75. The van der Waals surface area contributed by atoms with Crippen molar-refractivity contribution >= 4 is 43.9 Å². The molecule has 2 unspecified atom stereocenters. The zero-order valence-corrected chi connectivity index (χ0v) is 23.3. The molecular formula is C26H32ClFIN3O3. The predicted molar refractivity (Wildman–Crippen MR) is 144 cm³/mol. The van der Waals surface area contributed by atoms with Gasteiger partial charge in [0.25, 0.3) is 5.91 Å². The highest BCUT2D eigenvalue weighted by Crippen LogP contribution is 2.30. The van der Waals surface area contributed by atoms with Crippen LogP contribution in [0.2, 0.25) is 5.02 Å². The van der Waals surface area contributed by atoms with E-state index in [1.807, 2.05) is 6.92 Å². The molecule has 1 saturated heterocycles. The number of likely N-dealkylation sites (N-methyl/N-ethyl adjacent to an activating group) is 1. The van der Waals surface area contributed by atoms with E-state index in [4.69, 9.17) is 16.3 Å². The summed E-state index contributed by atoms with van der Waals surface area (Å²) in [4.78, 5) is 32.5. The van der Waals surface area contributed by atoms with Gasteiger partial charge in [-0.1, -0.05) is 37.6 Å². The summed E-state index contributed by atoms with van der Waals surface area (Å²) in [5.41, 5.74) is -0.0501. The summed E-state index contributed by atoms with van der Waals surface area (Å²) >= 11 is 7.72. The summed E-state index contributed by atoms with van der Waals surface area (Å²) in [6.45, 7) is 9.72. The van der Waals surface area contributed by atoms with E-state index < -0.39 is 5.54 Å². The lowest BCUT2D eigenvalue weighted by Crippen LogP contribution is -2.69. The second-order valence-corrected chi connectivity index (χ2v) is 10.4. The van der Waals surface area contributed by atoms with Gasteiger partial charge in [0.05, 0.1) is 0 Å². The molecule has 0 radical (unpaired) electrons. The number of nitrogens with zero attached hydrogens (tertiary/aromatic N) is 3. The normalized spacial score (nSPS) is 20.8. The Morgan fingerprint density at radius 1 is 1.14 bits per heavy atom. The molecule has 2 aromatic rings. The number of halogens is 3. The first-order valence-electron chi connectivity index (χ1n) is 11.8. The van der Waals surface area contributed by atoms with Gasteiger partial charge in [-0.15, -0.1) is 0 Å². The van der Waals surface area contributed by atoms with E-state index in [1.54, 1.807) is 63.9 Å². The third-order valence-electron chi connectivity index (χ3n) is 6.58. The van der Waals surface area contributed by atoms with Gasteiger partial charge in [0.2, 0.25) is 3.79 Å². The molecule has 35 heavy (non-hydrogen) atoms. The number of ether oxygens (including phenoxy) is 1. The molecule has 0 bridgehead atoms. The molecule has 1 heterocycles. The number of benzene rings is 2. The van der Waals surface area contributed by atoms with E-state index in [0.29, 0.717) is 30.4 Å². The van der Waals surface area contributed by atoms with Crippen molar-refractivity contribution in [3.63, 3.8) is 0 Å². The zero-order valence-electron chi connectivity index (χ0n) is 20.3. The van der Waals surface area contributed by atoms with E-state index in [1.165, 1.54) is 12.1 Å².